The van der Waals surface area contributed by atoms with Gasteiger partial charge in [0.05, 0.1) is 24.6 Å². The van der Waals surface area contributed by atoms with E-state index < -0.39 is 17.7 Å². The summed E-state index contributed by atoms with van der Waals surface area (Å²) in [5, 5.41) is 2.64. The smallest absolute Gasteiger partial charge is 0.418 e. The van der Waals surface area contributed by atoms with Crippen LogP contribution in [0.25, 0.3) is 0 Å². The first-order chi connectivity index (χ1) is 9.81. The van der Waals surface area contributed by atoms with Gasteiger partial charge in [-0.05, 0) is 18.2 Å². The number of ether oxygens (including phenoxy) is 1. The lowest BCUT2D eigenvalue weighted by Crippen LogP contribution is -2.08. The van der Waals surface area contributed by atoms with Crippen molar-refractivity contribution in [2.75, 3.05) is 12.4 Å². The molecule has 1 heterocycles. The van der Waals surface area contributed by atoms with Crippen molar-refractivity contribution in [1.82, 2.24) is 4.98 Å². The number of hydrogen-bond donors (Lipinski definition) is 1. The number of alkyl halides is 3. The number of nitrogens with zero attached hydrogens (tertiary/aromatic N) is 1. The molecule has 0 saturated carbocycles. The molecule has 0 spiro atoms. The van der Waals surface area contributed by atoms with Crippen molar-refractivity contribution in [3.8, 4) is 0 Å². The van der Waals surface area contributed by atoms with E-state index in [4.69, 9.17) is 11.6 Å². The number of carbonyl (C=O) groups is 1. The Morgan fingerprint density at radius 3 is 2.76 bits per heavy atom. The third-order valence-corrected chi connectivity index (χ3v) is 3.55. The summed E-state index contributed by atoms with van der Waals surface area (Å²) >= 11 is 6.48. The molecule has 0 aliphatic rings. The second-order valence-electron chi connectivity index (χ2n) is 3.83. The van der Waals surface area contributed by atoms with Gasteiger partial charge in [-0.1, -0.05) is 22.9 Å². The van der Waals surface area contributed by atoms with Crippen LogP contribution in [0.3, 0.4) is 0 Å². The lowest BCUT2D eigenvalue weighted by Gasteiger charge is -2.13. The molecule has 0 saturated heterocycles. The number of benzene rings is 1. The molecule has 112 valence electrons. The second-order valence-corrected chi connectivity index (χ2v) is 5.30. The highest BCUT2D eigenvalue weighted by Gasteiger charge is 2.34. The first kappa shape index (κ1) is 15.6. The maximum absolute atomic E-state index is 12.9. The van der Waals surface area contributed by atoms with Crippen molar-refractivity contribution in [2.24, 2.45) is 0 Å². The molecule has 0 amide bonds. The van der Waals surface area contributed by atoms with E-state index in [-0.39, 0.29) is 20.7 Å². The highest BCUT2D eigenvalue weighted by Crippen LogP contribution is 2.38. The molecule has 0 aliphatic carbocycles. The van der Waals surface area contributed by atoms with Crippen molar-refractivity contribution in [3.63, 3.8) is 0 Å². The number of halogens is 4. The highest BCUT2D eigenvalue weighted by atomic mass is 35.5. The number of thiazole rings is 1. The van der Waals surface area contributed by atoms with E-state index in [0.717, 1.165) is 17.4 Å². The lowest BCUT2D eigenvalue weighted by molar-refractivity contribution is -0.136. The molecule has 0 unspecified atom stereocenters. The van der Waals surface area contributed by atoms with Crippen molar-refractivity contribution in [3.05, 3.63) is 39.9 Å². The minimum Gasteiger partial charge on any atom is -0.465 e. The van der Waals surface area contributed by atoms with Gasteiger partial charge in [-0.15, -0.1) is 0 Å². The fourth-order valence-electron chi connectivity index (χ4n) is 1.50. The average Bonchev–Trinajstić information content (AvgIpc) is 2.87. The molecule has 2 aromatic rings. The van der Waals surface area contributed by atoms with Crippen molar-refractivity contribution in [1.29, 1.82) is 0 Å². The van der Waals surface area contributed by atoms with Crippen molar-refractivity contribution >= 4 is 39.7 Å². The highest BCUT2D eigenvalue weighted by molar-refractivity contribution is 7.17. The van der Waals surface area contributed by atoms with Crippen LogP contribution in [0.4, 0.5) is 24.0 Å². The minimum atomic E-state index is -4.56. The van der Waals surface area contributed by atoms with Gasteiger partial charge < -0.3 is 10.1 Å². The molecule has 0 atom stereocenters. The summed E-state index contributed by atoms with van der Waals surface area (Å²) < 4.78 is 43.3. The Morgan fingerprint density at radius 2 is 2.14 bits per heavy atom. The maximum Gasteiger partial charge on any atom is 0.418 e. The zero-order chi connectivity index (χ0) is 15.6. The van der Waals surface area contributed by atoms with Gasteiger partial charge in [0, 0.05) is 5.02 Å². The monoisotopic (exact) mass is 336 g/mol. The van der Waals surface area contributed by atoms with E-state index in [1.54, 1.807) is 0 Å². The van der Waals surface area contributed by atoms with Crippen molar-refractivity contribution < 1.29 is 22.7 Å². The quantitative estimate of drug-likeness (QED) is 0.847. The summed E-state index contributed by atoms with van der Waals surface area (Å²) in [6.45, 7) is 0. The van der Waals surface area contributed by atoms with E-state index in [9.17, 15) is 18.0 Å². The van der Waals surface area contributed by atoms with Crippen LogP contribution in [0.2, 0.25) is 5.02 Å². The fourth-order valence-corrected chi connectivity index (χ4v) is 2.42. The van der Waals surface area contributed by atoms with Gasteiger partial charge in [-0.2, -0.15) is 13.2 Å². The molecular formula is C12H8ClF3N2O2S. The van der Waals surface area contributed by atoms with Crippen LogP contribution in [0, 0.1) is 0 Å². The third-order valence-electron chi connectivity index (χ3n) is 2.42. The Bertz CT molecular complexity index is 673. The molecule has 0 aliphatic heterocycles. The second kappa shape index (κ2) is 5.90. The van der Waals surface area contributed by atoms with Gasteiger partial charge in [-0.3, -0.25) is 0 Å². The van der Waals surface area contributed by atoms with Crippen LogP contribution in [0.1, 0.15) is 15.2 Å². The molecule has 0 radical (unpaired) electrons. The SMILES string of the molecule is COC(=O)c1cnc(Nc2ccc(Cl)cc2C(F)(F)F)s1. The molecule has 1 N–H and O–H groups in total. The van der Waals surface area contributed by atoms with Crippen LogP contribution in [-0.2, 0) is 10.9 Å². The Morgan fingerprint density at radius 1 is 1.43 bits per heavy atom. The van der Waals surface area contributed by atoms with E-state index >= 15 is 0 Å². The summed E-state index contributed by atoms with van der Waals surface area (Å²) in [5.41, 5.74) is -1.11. The van der Waals surface area contributed by atoms with Crippen LogP contribution in [0.5, 0.6) is 0 Å². The predicted octanol–water partition coefficient (Wildman–Crippen LogP) is 4.35. The van der Waals surface area contributed by atoms with Gasteiger partial charge >= 0.3 is 12.1 Å². The number of aromatic nitrogens is 1. The molecule has 21 heavy (non-hydrogen) atoms. The molecule has 4 nitrogen and oxygen atoms in total. The summed E-state index contributed by atoms with van der Waals surface area (Å²) in [4.78, 5) is 15.3. The zero-order valence-corrected chi connectivity index (χ0v) is 12.1. The van der Waals surface area contributed by atoms with Gasteiger partial charge in [0.25, 0.3) is 0 Å². The van der Waals surface area contributed by atoms with Gasteiger partial charge in [0.15, 0.2) is 5.13 Å². The lowest BCUT2D eigenvalue weighted by atomic mass is 10.1. The number of nitrogens with one attached hydrogen (secondary N) is 1. The van der Waals surface area contributed by atoms with E-state index in [0.29, 0.717) is 0 Å². The van der Waals surface area contributed by atoms with Gasteiger partial charge in [0.2, 0.25) is 0 Å². The van der Waals surface area contributed by atoms with Crippen LogP contribution in [0.15, 0.2) is 24.4 Å². The zero-order valence-electron chi connectivity index (χ0n) is 10.5. The molecule has 0 bridgehead atoms. The fraction of sp³-hybridized carbons (Fsp3) is 0.167. The number of anilines is 2. The summed E-state index contributed by atoms with van der Waals surface area (Å²) in [7, 11) is 1.20. The summed E-state index contributed by atoms with van der Waals surface area (Å²) in [5.74, 6) is -0.604. The van der Waals surface area contributed by atoms with Crippen LogP contribution >= 0.6 is 22.9 Å². The third kappa shape index (κ3) is 3.64. The Hall–Kier alpha value is -1.80. The Labute approximate surface area is 126 Å². The molecule has 0 fully saturated rings. The predicted molar refractivity (Wildman–Crippen MR) is 73.2 cm³/mol. The molecule has 2 rings (SSSR count). The van der Waals surface area contributed by atoms with E-state index in [1.165, 1.54) is 25.4 Å². The largest absolute Gasteiger partial charge is 0.465 e. The van der Waals surface area contributed by atoms with Crippen LogP contribution < -0.4 is 5.32 Å². The molecule has 1 aromatic carbocycles. The number of hydrogen-bond acceptors (Lipinski definition) is 5. The van der Waals surface area contributed by atoms with Crippen molar-refractivity contribution in [2.45, 2.75) is 6.18 Å². The normalized spacial score (nSPS) is 11.3. The number of esters is 1. The number of carbonyl (C=O) groups excluding carboxylic acids is 1. The molecule has 9 heteroatoms. The standard InChI is InChI=1S/C12H8ClF3N2O2S/c1-20-10(19)9-5-17-11(21-9)18-8-3-2-6(13)4-7(8)12(14,15)16/h2-5H,1H3,(H,17,18). The van der Waals surface area contributed by atoms with Crippen LogP contribution in [-0.4, -0.2) is 18.1 Å². The Balaban J connectivity index is 2.31. The van der Waals surface area contributed by atoms with Gasteiger partial charge in [0.1, 0.15) is 4.88 Å². The number of methoxy groups -OCH3 is 1. The average molecular weight is 337 g/mol. The summed E-state index contributed by atoms with van der Waals surface area (Å²) in [6, 6.07) is 3.34. The summed E-state index contributed by atoms with van der Waals surface area (Å²) in [6.07, 6.45) is -3.34. The first-order valence-electron chi connectivity index (χ1n) is 5.49. The van der Waals surface area contributed by atoms with Gasteiger partial charge in [-0.25, -0.2) is 9.78 Å². The minimum absolute atomic E-state index is 0.0257. The number of rotatable bonds is 3. The molecule has 1 aromatic heterocycles. The van der Waals surface area contributed by atoms with E-state index in [2.05, 4.69) is 15.0 Å². The Kier molecular flexibility index (Phi) is 4.38. The topological polar surface area (TPSA) is 51.2 Å². The first-order valence-corrected chi connectivity index (χ1v) is 6.68. The molecular weight excluding hydrogens is 329 g/mol. The maximum atomic E-state index is 12.9. The van der Waals surface area contributed by atoms with E-state index in [1.807, 2.05) is 0 Å².